The van der Waals surface area contributed by atoms with Crippen molar-refractivity contribution in [3.05, 3.63) is 36.3 Å². The molecule has 2 saturated heterocycles. The Labute approximate surface area is 205 Å². The van der Waals surface area contributed by atoms with Crippen LogP contribution in [0.1, 0.15) is 41.0 Å². The van der Waals surface area contributed by atoms with E-state index in [1.807, 2.05) is 50.6 Å². The molecule has 9 nitrogen and oxygen atoms in total. The van der Waals surface area contributed by atoms with E-state index in [2.05, 4.69) is 15.6 Å². The highest BCUT2D eigenvalue weighted by molar-refractivity contribution is 5.84. The number of halogens is 1. The molecule has 190 valence electrons. The highest BCUT2D eigenvalue weighted by atomic mass is 19.1. The van der Waals surface area contributed by atoms with Crippen LogP contribution in [0, 0.1) is 17.2 Å². The molecule has 2 aliphatic rings. The number of carbonyl (C=O) groups excluding carboxylic acids is 2. The molecular formula is C25H36FN7O2. The lowest BCUT2D eigenvalue weighted by molar-refractivity contribution is -0.136. The lowest BCUT2D eigenvalue weighted by Crippen LogP contribution is -2.54. The third kappa shape index (κ3) is 5.17. The van der Waals surface area contributed by atoms with Gasteiger partial charge in [-0.2, -0.15) is 0 Å². The normalized spacial score (nSPS) is 23.0. The minimum absolute atomic E-state index is 0.0158. The zero-order valence-corrected chi connectivity index (χ0v) is 21.1. The van der Waals surface area contributed by atoms with Crippen molar-refractivity contribution in [1.29, 1.82) is 0 Å². The van der Waals surface area contributed by atoms with Gasteiger partial charge in [-0.25, -0.2) is 9.18 Å². The molecule has 0 unspecified atom stereocenters. The van der Waals surface area contributed by atoms with Gasteiger partial charge >= 0.3 is 6.03 Å². The van der Waals surface area contributed by atoms with Crippen LogP contribution >= 0.6 is 0 Å². The predicted molar refractivity (Wildman–Crippen MR) is 131 cm³/mol. The molecule has 4 atom stereocenters. The molecule has 0 saturated carbocycles. The van der Waals surface area contributed by atoms with Gasteiger partial charge < -0.3 is 20.9 Å². The second-order valence-electron chi connectivity index (χ2n) is 11.1. The second-order valence-corrected chi connectivity index (χ2v) is 11.1. The molecule has 2 aliphatic heterocycles. The summed E-state index contributed by atoms with van der Waals surface area (Å²) in [6.45, 7) is 11.3. The van der Waals surface area contributed by atoms with Gasteiger partial charge in [-0.05, 0) is 49.9 Å². The first-order valence-electron chi connectivity index (χ1n) is 12.2. The zero-order chi connectivity index (χ0) is 25.5. The molecule has 0 bridgehead atoms. The number of benzene rings is 1. The molecule has 0 spiro atoms. The molecule has 2 fully saturated rings. The summed E-state index contributed by atoms with van der Waals surface area (Å²) >= 11 is 0. The number of aromatic nitrogens is 3. The van der Waals surface area contributed by atoms with E-state index in [1.165, 1.54) is 12.1 Å². The number of carbonyl (C=O) groups is 2. The Balaban J connectivity index is 1.58. The molecule has 1 aromatic carbocycles. The topological polar surface area (TPSA) is 109 Å². The highest BCUT2D eigenvalue weighted by Gasteiger charge is 2.53. The van der Waals surface area contributed by atoms with Crippen molar-refractivity contribution >= 4 is 11.9 Å². The number of amides is 3. The Hall–Kier alpha value is -3.01. The van der Waals surface area contributed by atoms with Crippen LogP contribution in [0.25, 0.3) is 11.3 Å². The summed E-state index contributed by atoms with van der Waals surface area (Å²) in [6.07, 6.45) is 2.54. The molecular weight excluding hydrogens is 449 g/mol. The summed E-state index contributed by atoms with van der Waals surface area (Å²) in [7, 11) is 0. The van der Waals surface area contributed by atoms with Gasteiger partial charge in [0.05, 0.1) is 24.3 Å². The Morgan fingerprint density at radius 1 is 1.20 bits per heavy atom. The van der Waals surface area contributed by atoms with Gasteiger partial charge in [-0.3, -0.25) is 9.48 Å². The van der Waals surface area contributed by atoms with E-state index < -0.39 is 6.04 Å². The van der Waals surface area contributed by atoms with Crippen molar-refractivity contribution in [2.24, 2.45) is 17.1 Å². The van der Waals surface area contributed by atoms with Crippen LogP contribution in [0.5, 0.6) is 0 Å². The Morgan fingerprint density at radius 2 is 1.89 bits per heavy atom. The van der Waals surface area contributed by atoms with E-state index in [9.17, 15) is 14.0 Å². The average molecular weight is 486 g/mol. The molecule has 10 heteroatoms. The van der Waals surface area contributed by atoms with Gasteiger partial charge in [0, 0.05) is 37.2 Å². The van der Waals surface area contributed by atoms with Gasteiger partial charge in [-0.15, -0.1) is 5.10 Å². The third-order valence-corrected chi connectivity index (χ3v) is 6.99. The molecule has 3 amide bonds. The van der Waals surface area contributed by atoms with Crippen LogP contribution in [0.3, 0.4) is 0 Å². The molecule has 0 aliphatic carbocycles. The van der Waals surface area contributed by atoms with Crippen molar-refractivity contribution in [3.63, 3.8) is 0 Å². The SMILES string of the molecule is CC(C)NC(=O)N1C[C@H](Cn2cc(-c3ccc(F)cc3)nn2)[C@@H]2[C@H]1CCN2C(=O)[C@@H](N)C(C)(C)C. The van der Waals surface area contributed by atoms with Crippen molar-refractivity contribution in [2.45, 2.75) is 71.8 Å². The maximum Gasteiger partial charge on any atom is 0.317 e. The van der Waals surface area contributed by atoms with Gasteiger partial charge in [0.2, 0.25) is 5.91 Å². The summed E-state index contributed by atoms with van der Waals surface area (Å²) in [5.41, 5.74) is 7.40. The molecule has 3 heterocycles. The number of rotatable bonds is 5. The molecule has 2 aromatic rings. The van der Waals surface area contributed by atoms with Crippen LogP contribution < -0.4 is 11.1 Å². The number of hydrogen-bond acceptors (Lipinski definition) is 5. The van der Waals surface area contributed by atoms with Crippen molar-refractivity contribution < 1.29 is 14.0 Å². The number of fused-ring (bicyclic) bond motifs is 1. The first kappa shape index (κ1) is 25.1. The second kappa shape index (κ2) is 9.56. The maximum absolute atomic E-state index is 13.4. The Kier molecular flexibility index (Phi) is 6.86. The number of likely N-dealkylation sites (tertiary alicyclic amines) is 2. The fourth-order valence-corrected chi connectivity index (χ4v) is 5.12. The number of nitrogens with zero attached hydrogens (tertiary/aromatic N) is 5. The zero-order valence-electron chi connectivity index (χ0n) is 21.1. The van der Waals surface area contributed by atoms with Crippen molar-refractivity contribution in [2.75, 3.05) is 13.1 Å². The van der Waals surface area contributed by atoms with Gasteiger partial charge in [0.1, 0.15) is 11.5 Å². The van der Waals surface area contributed by atoms with Crippen LogP contribution in [-0.2, 0) is 11.3 Å². The molecule has 1 aromatic heterocycles. The fourth-order valence-electron chi connectivity index (χ4n) is 5.12. The van der Waals surface area contributed by atoms with Gasteiger partial charge in [0.15, 0.2) is 0 Å². The van der Waals surface area contributed by atoms with Gasteiger partial charge in [0.25, 0.3) is 0 Å². The smallest absolute Gasteiger partial charge is 0.317 e. The van der Waals surface area contributed by atoms with Crippen molar-refractivity contribution in [3.8, 4) is 11.3 Å². The highest BCUT2D eigenvalue weighted by Crippen LogP contribution is 2.38. The van der Waals surface area contributed by atoms with Crippen molar-refractivity contribution in [1.82, 2.24) is 30.1 Å². The maximum atomic E-state index is 13.4. The number of urea groups is 1. The standard InChI is InChI=1S/C25H36FN7O2/c1-15(2)28-24(35)33-13-17(12-31-14-19(29-30-31)16-6-8-18(26)9-7-16)21-20(33)10-11-32(21)23(34)22(27)25(3,4)5/h6-9,14-15,17,20-22H,10-13,27H2,1-5H3,(H,28,35)/t17-,20+,21+,22+/m0/s1. The summed E-state index contributed by atoms with van der Waals surface area (Å²) < 4.78 is 15.0. The summed E-state index contributed by atoms with van der Waals surface area (Å²) in [4.78, 5) is 30.2. The fraction of sp³-hybridized carbons (Fsp3) is 0.600. The Bertz CT molecular complexity index is 1060. The van der Waals surface area contributed by atoms with Gasteiger partial charge in [-0.1, -0.05) is 26.0 Å². The van der Waals surface area contributed by atoms with E-state index in [0.29, 0.717) is 31.7 Å². The van der Waals surface area contributed by atoms with Crippen LogP contribution in [0.4, 0.5) is 9.18 Å². The van der Waals surface area contributed by atoms with E-state index in [-0.39, 0.29) is 47.2 Å². The van der Waals surface area contributed by atoms with E-state index in [0.717, 1.165) is 5.56 Å². The van der Waals surface area contributed by atoms with E-state index >= 15 is 0 Å². The molecule has 35 heavy (non-hydrogen) atoms. The van der Waals surface area contributed by atoms with E-state index in [1.54, 1.807) is 16.8 Å². The minimum Gasteiger partial charge on any atom is -0.336 e. The Morgan fingerprint density at radius 3 is 2.51 bits per heavy atom. The van der Waals surface area contributed by atoms with Crippen LogP contribution in [0.15, 0.2) is 30.5 Å². The lowest BCUT2D eigenvalue weighted by Gasteiger charge is -2.34. The number of nitrogens with two attached hydrogens (primary N) is 1. The summed E-state index contributed by atoms with van der Waals surface area (Å²) in [6, 6.07) is 5.17. The first-order valence-corrected chi connectivity index (χ1v) is 12.2. The summed E-state index contributed by atoms with van der Waals surface area (Å²) in [5, 5.41) is 11.5. The van der Waals surface area contributed by atoms with Crippen LogP contribution in [-0.4, -0.2) is 74.0 Å². The summed E-state index contributed by atoms with van der Waals surface area (Å²) in [5.74, 6) is -0.414. The van der Waals surface area contributed by atoms with Crippen LogP contribution in [0.2, 0.25) is 0 Å². The lowest BCUT2D eigenvalue weighted by atomic mass is 9.86. The monoisotopic (exact) mass is 485 g/mol. The number of nitrogens with one attached hydrogen (secondary N) is 1. The molecule has 3 N–H and O–H groups in total. The molecule has 0 radical (unpaired) electrons. The molecule has 4 rings (SSSR count). The quantitative estimate of drug-likeness (QED) is 0.676. The minimum atomic E-state index is -0.628. The predicted octanol–water partition coefficient (Wildman–Crippen LogP) is 2.48. The number of hydrogen-bond donors (Lipinski definition) is 2. The van der Waals surface area contributed by atoms with E-state index in [4.69, 9.17) is 5.73 Å². The first-order chi connectivity index (χ1) is 16.5. The average Bonchev–Trinajstić information content (AvgIpc) is 3.49. The largest absolute Gasteiger partial charge is 0.336 e. The third-order valence-electron chi connectivity index (χ3n) is 6.99.